The molecule has 1 aliphatic heterocycles. The van der Waals surface area contributed by atoms with Gasteiger partial charge in [0.2, 0.25) is 0 Å². The van der Waals surface area contributed by atoms with Crippen molar-refractivity contribution in [1.82, 2.24) is 0 Å². The third-order valence-electron chi connectivity index (χ3n) is 10.1. The van der Waals surface area contributed by atoms with Crippen LogP contribution in [0.15, 0.2) is 11.6 Å². The second kappa shape index (κ2) is 10.6. The van der Waals surface area contributed by atoms with Gasteiger partial charge in [0.1, 0.15) is 8.07 Å². The van der Waals surface area contributed by atoms with Crippen LogP contribution in [0.4, 0.5) is 0 Å². The molecule has 1 unspecified atom stereocenters. The highest BCUT2D eigenvalue weighted by molar-refractivity contribution is 6.90. The van der Waals surface area contributed by atoms with Crippen LogP contribution in [0.25, 0.3) is 0 Å². The molecule has 3 rings (SSSR count). The van der Waals surface area contributed by atoms with Gasteiger partial charge in [-0.1, -0.05) is 80.7 Å². The van der Waals surface area contributed by atoms with Crippen molar-refractivity contribution >= 4 is 13.9 Å². The van der Waals surface area contributed by atoms with Crippen LogP contribution in [0.5, 0.6) is 0 Å². The van der Waals surface area contributed by atoms with Crippen LogP contribution in [0.2, 0.25) is 16.6 Å². The van der Waals surface area contributed by atoms with E-state index in [1.807, 2.05) is 0 Å². The van der Waals surface area contributed by atoms with E-state index in [0.29, 0.717) is 29.1 Å². The number of carbonyl (C=O) groups is 1. The molecule has 2 aliphatic carbocycles. The summed E-state index contributed by atoms with van der Waals surface area (Å²) in [5, 5.41) is 0. The van der Waals surface area contributed by atoms with Crippen molar-refractivity contribution in [2.75, 3.05) is 6.61 Å². The fourth-order valence-electron chi connectivity index (χ4n) is 7.23. The summed E-state index contributed by atoms with van der Waals surface area (Å²) in [4.78, 5) is 13.9. The van der Waals surface area contributed by atoms with Crippen LogP contribution in [0.3, 0.4) is 0 Å². The minimum Gasteiger partial charge on any atom is -0.352 e. The molecule has 2 fully saturated rings. The number of Topliss-reactive ketones (excluding diaryl/α,β-unsaturated/α-hetero) is 1. The molecule has 0 radical (unpaired) electrons. The molecule has 4 heteroatoms. The second-order valence-electron chi connectivity index (χ2n) is 12.9. The molecule has 0 aromatic heterocycles. The summed E-state index contributed by atoms with van der Waals surface area (Å²) in [5.74, 6) is 4.13. The molecule has 0 amide bonds. The monoisotopic (exact) mass is 486 g/mol. The van der Waals surface area contributed by atoms with Crippen molar-refractivity contribution in [2.45, 2.75) is 136 Å². The van der Waals surface area contributed by atoms with Gasteiger partial charge in [0, 0.05) is 5.41 Å². The average molecular weight is 487 g/mol. The van der Waals surface area contributed by atoms with Crippen molar-refractivity contribution in [3.8, 4) is 11.5 Å². The van der Waals surface area contributed by atoms with E-state index >= 15 is 0 Å². The molecule has 0 aromatic carbocycles. The molecule has 1 heterocycles. The highest BCUT2D eigenvalue weighted by Crippen LogP contribution is 2.61. The third kappa shape index (κ3) is 4.87. The van der Waals surface area contributed by atoms with Crippen molar-refractivity contribution in [3.05, 3.63) is 11.6 Å². The van der Waals surface area contributed by atoms with E-state index in [4.69, 9.17) is 9.47 Å². The average Bonchev–Trinajstić information content (AvgIpc) is 3.00. The quantitative estimate of drug-likeness (QED) is 0.271. The van der Waals surface area contributed by atoms with Crippen molar-refractivity contribution in [3.63, 3.8) is 0 Å². The summed E-state index contributed by atoms with van der Waals surface area (Å²) < 4.78 is 13.0. The molecule has 192 valence electrons. The zero-order chi connectivity index (χ0) is 25.3. The first-order chi connectivity index (χ1) is 15.9. The summed E-state index contributed by atoms with van der Waals surface area (Å²) in [6.07, 6.45) is 8.54. The Kier molecular flexibility index (Phi) is 8.64. The van der Waals surface area contributed by atoms with Gasteiger partial charge in [-0.3, -0.25) is 4.79 Å². The smallest absolute Gasteiger partial charge is 0.199 e. The molecule has 0 N–H and O–H groups in total. The standard InChI is InChI=1S/C30H50O3Si/c1-21(2)34(22(3)4,23(5)6)19-17-26(27(31)24-14-12-10-11-13-15-24)33-28-30(9)18-16-25(20-32-28)29(30,7)8/h14,21-23,25-26,28H,10-13,15-16,18,20H2,1-9H3/t25-,26?,28-,30+/m1/s1. The topological polar surface area (TPSA) is 35.5 Å². The van der Waals surface area contributed by atoms with Crippen LogP contribution in [-0.4, -0.2) is 32.9 Å². The van der Waals surface area contributed by atoms with Gasteiger partial charge in [0.15, 0.2) is 18.2 Å². The van der Waals surface area contributed by atoms with Gasteiger partial charge in [-0.2, -0.15) is 0 Å². The lowest BCUT2D eigenvalue weighted by atomic mass is 9.64. The lowest BCUT2D eigenvalue weighted by molar-refractivity contribution is -0.268. The van der Waals surface area contributed by atoms with Crippen molar-refractivity contribution < 1.29 is 14.3 Å². The molecule has 34 heavy (non-hydrogen) atoms. The lowest BCUT2D eigenvalue weighted by Gasteiger charge is -2.50. The zero-order valence-electron chi connectivity index (χ0n) is 23.4. The lowest BCUT2D eigenvalue weighted by Crippen LogP contribution is -2.53. The molecule has 0 aromatic rings. The predicted octanol–water partition coefficient (Wildman–Crippen LogP) is 7.85. The molecule has 1 saturated heterocycles. The van der Waals surface area contributed by atoms with Crippen LogP contribution >= 0.6 is 0 Å². The van der Waals surface area contributed by atoms with E-state index in [2.05, 4.69) is 79.9 Å². The first kappa shape index (κ1) is 27.7. The number of carbonyl (C=O) groups excluding carboxylic acids is 1. The number of allylic oxidation sites excluding steroid dienone is 1. The normalized spacial score (nSPS) is 30.1. The van der Waals surface area contributed by atoms with Crippen LogP contribution in [-0.2, 0) is 14.3 Å². The Balaban J connectivity index is 2.00. The highest BCUT2D eigenvalue weighted by atomic mass is 28.3. The predicted molar refractivity (Wildman–Crippen MR) is 144 cm³/mol. The van der Waals surface area contributed by atoms with E-state index in [-0.39, 0.29) is 22.9 Å². The first-order valence-corrected chi connectivity index (χ1v) is 16.1. The third-order valence-corrected chi connectivity index (χ3v) is 16.4. The molecule has 2 bridgehead atoms. The van der Waals surface area contributed by atoms with Gasteiger partial charge in [-0.05, 0) is 72.1 Å². The van der Waals surface area contributed by atoms with Crippen LogP contribution in [0.1, 0.15) is 107 Å². The maximum absolute atomic E-state index is 13.9. The van der Waals surface area contributed by atoms with E-state index in [9.17, 15) is 4.79 Å². The number of ether oxygens (including phenoxy) is 2. The molecular formula is C30H50O3Si. The van der Waals surface area contributed by atoms with Gasteiger partial charge in [-0.25, -0.2) is 0 Å². The highest BCUT2D eigenvalue weighted by Gasteiger charge is 2.60. The van der Waals surface area contributed by atoms with Gasteiger partial charge in [0.25, 0.3) is 0 Å². The van der Waals surface area contributed by atoms with E-state index in [0.717, 1.165) is 37.7 Å². The number of fused-ring (bicyclic) bond motifs is 2. The molecule has 1 saturated carbocycles. The second-order valence-corrected chi connectivity index (χ2v) is 18.5. The summed E-state index contributed by atoms with van der Waals surface area (Å²) in [6.45, 7) is 21.6. The summed E-state index contributed by atoms with van der Waals surface area (Å²) in [6, 6.07) is 0. The minimum atomic E-state index is -1.98. The molecule has 3 aliphatic rings. The number of ketones is 1. The maximum atomic E-state index is 13.9. The zero-order valence-corrected chi connectivity index (χ0v) is 24.4. The van der Waals surface area contributed by atoms with Crippen LogP contribution in [0, 0.1) is 28.2 Å². The Morgan fingerprint density at radius 2 is 1.71 bits per heavy atom. The number of hydrogen-bond donors (Lipinski definition) is 0. The fraction of sp³-hybridized carbons (Fsp3) is 0.833. The van der Waals surface area contributed by atoms with E-state index in [1.165, 1.54) is 12.8 Å². The summed E-state index contributed by atoms with van der Waals surface area (Å²) >= 11 is 0. The van der Waals surface area contributed by atoms with Crippen LogP contribution < -0.4 is 0 Å². The summed E-state index contributed by atoms with van der Waals surface area (Å²) in [7, 11) is -1.98. The van der Waals surface area contributed by atoms with Crippen molar-refractivity contribution in [2.24, 2.45) is 16.7 Å². The summed E-state index contributed by atoms with van der Waals surface area (Å²) in [5.41, 5.74) is 6.30. The molecule has 0 spiro atoms. The largest absolute Gasteiger partial charge is 0.352 e. The number of rotatable bonds is 7. The minimum absolute atomic E-state index is 0.0821. The van der Waals surface area contributed by atoms with Gasteiger partial charge >= 0.3 is 0 Å². The van der Waals surface area contributed by atoms with Gasteiger partial charge in [-0.15, -0.1) is 5.54 Å². The Morgan fingerprint density at radius 1 is 1.06 bits per heavy atom. The molecule has 4 atom stereocenters. The molecule has 3 nitrogen and oxygen atoms in total. The molecular weight excluding hydrogens is 436 g/mol. The SMILES string of the molecule is CC(C)[Si](C#CC(O[C@H]1OC[C@H]2CC[C@]1(C)C2(C)C)C(=O)C1=CCCCCC1)(C(C)C)C(C)C. The number of hydrogen-bond acceptors (Lipinski definition) is 3. The van der Waals surface area contributed by atoms with E-state index < -0.39 is 14.2 Å². The Labute approximate surface area is 210 Å². The van der Waals surface area contributed by atoms with Crippen molar-refractivity contribution in [1.29, 1.82) is 0 Å². The Morgan fingerprint density at radius 3 is 2.32 bits per heavy atom. The maximum Gasteiger partial charge on any atom is 0.199 e. The van der Waals surface area contributed by atoms with Gasteiger partial charge in [0.05, 0.1) is 6.61 Å². The van der Waals surface area contributed by atoms with E-state index in [1.54, 1.807) is 0 Å². The van der Waals surface area contributed by atoms with Gasteiger partial charge < -0.3 is 9.47 Å². The Bertz CT molecular complexity index is 806. The Hall–Kier alpha value is -0.893. The fourth-order valence-corrected chi connectivity index (χ4v) is 12.5. The first-order valence-electron chi connectivity index (χ1n) is 13.9.